The van der Waals surface area contributed by atoms with Gasteiger partial charge in [0.1, 0.15) is 5.92 Å². The van der Waals surface area contributed by atoms with Crippen molar-refractivity contribution in [2.24, 2.45) is 10.7 Å². The number of hydrogen-bond donors (Lipinski definition) is 4. The van der Waals surface area contributed by atoms with E-state index in [1.807, 2.05) is 30.3 Å². The number of benzene rings is 3. The largest absolute Gasteiger partial charge is 0.478 e. The summed E-state index contributed by atoms with van der Waals surface area (Å²) >= 11 is 0. The molecule has 5 N–H and O–H groups in total. The van der Waals surface area contributed by atoms with Crippen molar-refractivity contribution in [2.45, 2.75) is 5.92 Å². The number of carbonyl (C=O) groups excluding carboxylic acids is 2. The van der Waals surface area contributed by atoms with Gasteiger partial charge >= 0.3 is 5.97 Å². The van der Waals surface area contributed by atoms with Crippen LogP contribution in [-0.4, -0.2) is 41.7 Å². The maximum atomic E-state index is 13.0. The third kappa shape index (κ3) is 4.65. The van der Waals surface area contributed by atoms with Crippen LogP contribution in [0.3, 0.4) is 0 Å². The van der Waals surface area contributed by atoms with Gasteiger partial charge in [0.2, 0.25) is 5.91 Å². The lowest BCUT2D eigenvalue weighted by Gasteiger charge is -2.14. The molecule has 0 spiro atoms. The molecule has 166 valence electrons. The maximum Gasteiger partial charge on any atom is 0.335 e. The van der Waals surface area contributed by atoms with E-state index in [2.05, 4.69) is 10.6 Å². The molecule has 2 amide bonds. The number of carboxylic acid groups (broad SMARTS) is 1. The number of nitrogens with zero attached hydrogens (tertiary/aromatic N) is 1. The summed E-state index contributed by atoms with van der Waals surface area (Å²) in [5.74, 6) is -2.37. The van der Waals surface area contributed by atoms with Gasteiger partial charge < -0.3 is 21.5 Å². The van der Waals surface area contributed by atoms with Crippen LogP contribution in [-0.2, 0) is 4.79 Å². The minimum Gasteiger partial charge on any atom is -0.478 e. The number of aromatic carboxylic acids is 1. The number of nitrogens with one attached hydrogen (secondary N) is 2. The number of amides is 2. The van der Waals surface area contributed by atoms with Gasteiger partial charge in [0.05, 0.1) is 17.0 Å². The van der Waals surface area contributed by atoms with Crippen molar-refractivity contribution in [1.29, 1.82) is 0 Å². The molecule has 0 aromatic heterocycles. The Bertz CT molecular complexity index is 1250. The second-order valence-corrected chi connectivity index (χ2v) is 7.49. The molecule has 33 heavy (non-hydrogen) atoms. The molecule has 1 aliphatic heterocycles. The first kappa shape index (κ1) is 21.9. The topological polar surface area (TPSA) is 134 Å². The van der Waals surface area contributed by atoms with Gasteiger partial charge in [-0.15, -0.1) is 0 Å². The number of carboxylic acids is 1. The van der Waals surface area contributed by atoms with Crippen LogP contribution in [0, 0.1) is 0 Å². The van der Waals surface area contributed by atoms with E-state index in [-0.39, 0.29) is 17.4 Å². The molecule has 0 radical (unpaired) electrons. The zero-order valence-electron chi connectivity index (χ0n) is 17.6. The van der Waals surface area contributed by atoms with Crippen LogP contribution in [0.5, 0.6) is 0 Å². The molecule has 0 saturated heterocycles. The number of rotatable bonds is 7. The third-order valence-electron chi connectivity index (χ3n) is 5.26. The Balaban J connectivity index is 1.79. The molecule has 1 unspecified atom stereocenters. The van der Waals surface area contributed by atoms with Crippen molar-refractivity contribution < 1.29 is 19.5 Å². The second-order valence-electron chi connectivity index (χ2n) is 7.49. The Labute approximate surface area is 190 Å². The summed E-state index contributed by atoms with van der Waals surface area (Å²) in [5, 5.41) is 14.8. The van der Waals surface area contributed by atoms with Gasteiger partial charge in [-0.05, 0) is 41.5 Å². The Morgan fingerprint density at radius 2 is 1.73 bits per heavy atom. The fourth-order valence-corrected chi connectivity index (χ4v) is 3.72. The molecule has 0 fully saturated rings. The van der Waals surface area contributed by atoms with Gasteiger partial charge in [0.15, 0.2) is 0 Å². The maximum absolute atomic E-state index is 13.0. The van der Waals surface area contributed by atoms with Crippen molar-refractivity contribution >= 4 is 34.9 Å². The highest BCUT2D eigenvalue weighted by Gasteiger charge is 2.35. The lowest BCUT2D eigenvalue weighted by molar-refractivity contribution is -0.115. The van der Waals surface area contributed by atoms with Gasteiger partial charge in [-0.3, -0.25) is 14.6 Å². The van der Waals surface area contributed by atoms with E-state index < -0.39 is 11.9 Å². The average Bonchev–Trinajstić information content (AvgIpc) is 3.16. The van der Waals surface area contributed by atoms with Gasteiger partial charge in [-0.25, -0.2) is 4.79 Å². The fourth-order valence-electron chi connectivity index (χ4n) is 3.72. The van der Waals surface area contributed by atoms with Crippen LogP contribution in [0.25, 0.3) is 0 Å². The second kappa shape index (κ2) is 9.46. The predicted octanol–water partition coefficient (Wildman–Crippen LogP) is 2.93. The minimum absolute atomic E-state index is 0.0871. The molecule has 1 aliphatic rings. The van der Waals surface area contributed by atoms with Crippen LogP contribution < -0.4 is 16.4 Å². The molecule has 8 nitrogen and oxygen atoms in total. The zero-order chi connectivity index (χ0) is 23.4. The van der Waals surface area contributed by atoms with Crippen molar-refractivity contribution in [3.05, 3.63) is 95.1 Å². The monoisotopic (exact) mass is 442 g/mol. The summed E-state index contributed by atoms with van der Waals surface area (Å²) in [7, 11) is 0. The van der Waals surface area contributed by atoms with E-state index in [9.17, 15) is 19.5 Å². The summed E-state index contributed by atoms with van der Waals surface area (Å²) in [6.45, 7) is 0.695. The molecule has 1 atom stereocenters. The number of carbonyl (C=O) groups is 3. The number of anilines is 1. The summed E-state index contributed by atoms with van der Waals surface area (Å²) < 4.78 is 0. The Morgan fingerprint density at radius 1 is 0.970 bits per heavy atom. The quantitative estimate of drug-likeness (QED) is 0.418. The smallest absolute Gasteiger partial charge is 0.335 e. The molecule has 4 rings (SSSR count). The molecule has 1 heterocycles. The van der Waals surface area contributed by atoms with Gasteiger partial charge in [-0.2, -0.15) is 0 Å². The third-order valence-corrected chi connectivity index (χ3v) is 5.26. The van der Waals surface area contributed by atoms with Crippen molar-refractivity contribution in [1.82, 2.24) is 5.32 Å². The number of aliphatic imine (C=N–C) groups is 1. The number of hydrogen-bond acceptors (Lipinski definition) is 5. The Kier molecular flexibility index (Phi) is 6.28. The molecular weight excluding hydrogens is 420 g/mol. The molecule has 0 bridgehead atoms. The van der Waals surface area contributed by atoms with E-state index in [0.717, 1.165) is 5.56 Å². The molecule has 0 saturated carbocycles. The van der Waals surface area contributed by atoms with Crippen LogP contribution in [0.15, 0.2) is 77.8 Å². The van der Waals surface area contributed by atoms with Crippen LogP contribution in [0.2, 0.25) is 0 Å². The van der Waals surface area contributed by atoms with Crippen molar-refractivity contribution in [2.75, 3.05) is 18.4 Å². The summed E-state index contributed by atoms with van der Waals surface area (Å²) in [4.78, 5) is 41.5. The summed E-state index contributed by atoms with van der Waals surface area (Å²) in [6, 6.07) is 20.6. The van der Waals surface area contributed by atoms with Crippen LogP contribution in [0.1, 0.15) is 37.8 Å². The van der Waals surface area contributed by atoms with Crippen molar-refractivity contribution in [3.8, 4) is 0 Å². The molecule has 8 heteroatoms. The van der Waals surface area contributed by atoms with Gasteiger partial charge in [0, 0.05) is 24.3 Å². The Hall–Kier alpha value is -4.30. The van der Waals surface area contributed by atoms with E-state index in [1.165, 1.54) is 12.1 Å². The van der Waals surface area contributed by atoms with Gasteiger partial charge in [0.25, 0.3) is 5.91 Å². The van der Waals surface area contributed by atoms with E-state index in [1.54, 1.807) is 30.3 Å². The molecule has 0 aliphatic carbocycles. The fraction of sp³-hybridized carbons (Fsp3) is 0.120. The lowest BCUT2D eigenvalue weighted by atomic mass is 9.90. The van der Waals surface area contributed by atoms with Crippen LogP contribution in [0.4, 0.5) is 11.4 Å². The van der Waals surface area contributed by atoms with E-state index in [4.69, 9.17) is 10.7 Å². The van der Waals surface area contributed by atoms with E-state index >= 15 is 0 Å². The predicted molar refractivity (Wildman–Crippen MR) is 125 cm³/mol. The van der Waals surface area contributed by atoms with Gasteiger partial charge in [-0.1, -0.05) is 42.5 Å². The van der Waals surface area contributed by atoms with Crippen molar-refractivity contribution in [3.63, 3.8) is 0 Å². The van der Waals surface area contributed by atoms with E-state index in [0.29, 0.717) is 41.3 Å². The van der Waals surface area contributed by atoms with Crippen LogP contribution >= 0.6 is 0 Å². The Morgan fingerprint density at radius 3 is 2.45 bits per heavy atom. The highest BCUT2D eigenvalue weighted by molar-refractivity contribution is 6.24. The average molecular weight is 442 g/mol. The minimum atomic E-state index is -1.07. The zero-order valence-corrected chi connectivity index (χ0v) is 17.6. The first-order valence-electron chi connectivity index (χ1n) is 10.4. The first-order chi connectivity index (χ1) is 16.0. The standard InChI is InChI=1S/C25H22N4O4/c26-11-12-27-23(30)16-7-4-8-18(13-16)28-22(15-5-2-1-3-6-15)21-19-10-9-17(25(32)33)14-20(19)29-24(21)31/h1-10,13-14,21H,11-12,26H2,(H,27,30)(H,29,31)(H,32,33). The molecule has 3 aromatic carbocycles. The molecule has 3 aromatic rings. The highest BCUT2D eigenvalue weighted by Crippen LogP contribution is 2.37. The lowest BCUT2D eigenvalue weighted by Crippen LogP contribution is -2.28. The molecular formula is C25H22N4O4. The summed E-state index contributed by atoms with van der Waals surface area (Å²) in [6.07, 6.45) is 0. The number of nitrogens with two attached hydrogens (primary N) is 1. The highest BCUT2D eigenvalue weighted by atomic mass is 16.4. The SMILES string of the molecule is NCCNC(=O)c1cccc(N=C(c2ccccc2)C2C(=O)Nc3cc(C(=O)O)ccc32)c1. The first-order valence-corrected chi connectivity index (χ1v) is 10.4. The number of fused-ring (bicyclic) bond motifs is 1. The summed E-state index contributed by atoms with van der Waals surface area (Å²) in [5.41, 5.74) is 8.81. The normalized spacial score (nSPS) is 15.0.